The van der Waals surface area contributed by atoms with Crippen LogP contribution in [0.4, 0.5) is 0 Å². The van der Waals surface area contributed by atoms with Gasteiger partial charge < -0.3 is 5.32 Å². The molecule has 1 N–H and O–H groups in total. The summed E-state index contributed by atoms with van der Waals surface area (Å²) in [7, 11) is 4.03. The Labute approximate surface area is 91.9 Å². The Morgan fingerprint density at radius 3 is 2.87 bits per heavy atom. The fourth-order valence-corrected chi connectivity index (χ4v) is 2.57. The van der Waals surface area contributed by atoms with Crippen LogP contribution in [0, 0.1) is 0 Å². The Balaban J connectivity index is 2.13. The van der Waals surface area contributed by atoms with E-state index < -0.39 is 0 Å². The predicted molar refractivity (Wildman–Crippen MR) is 62.0 cm³/mol. The largest absolute Gasteiger partial charge is 0.319 e. The highest BCUT2D eigenvalue weighted by Gasteiger charge is 2.21. The van der Waals surface area contributed by atoms with Crippen molar-refractivity contribution in [2.45, 2.75) is 38.0 Å². The molecule has 3 heteroatoms. The summed E-state index contributed by atoms with van der Waals surface area (Å²) in [6.07, 6.45) is 8.79. The van der Waals surface area contributed by atoms with Crippen molar-refractivity contribution in [1.29, 1.82) is 0 Å². The average Bonchev–Trinajstić information content (AvgIpc) is 2.83. The van der Waals surface area contributed by atoms with E-state index in [9.17, 15) is 0 Å². The highest BCUT2D eigenvalue weighted by molar-refractivity contribution is 5.23. The van der Waals surface area contributed by atoms with E-state index in [0.29, 0.717) is 0 Å². The summed E-state index contributed by atoms with van der Waals surface area (Å²) in [5.74, 6) is 0.783. The molecule has 0 aliphatic heterocycles. The predicted octanol–water partition coefficient (Wildman–Crippen LogP) is 1.84. The maximum Gasteiger partial charge on any atom is 0.0671 e. The number of nitrogens with one attached hydrogen (secondary N) is 1. The minimum absolute atomic E-state index is 0.783. The highest BCUT2D eigenvalue weighted by atomic mass is 15.3. The van der Waals surface area contributed by atoms with Crippen molar-refractivity contribution in [3.05, 3.63) is 17.5 Å². The second-order valence-corrected chi connectivity index (χ2v) is 4.54. The van der Waals surface area contributed by atoms with Crippen molar-refractivity contribution < 1.29 is 0 Å². The van der Waals surface area contributed by atoms with Crippen LogP contribution in [0.1, 0.15) is 42.9 Å². The molecule has 84 valence electrons. The van der Waals surface area contributed by atoms with Crippen LogP contribution in [0.25, 0.3) is 0 Å². The molecule has 2 rings (SSSR count). The van der Waals surface area contributed by atoms with Gasteiger partial charge in [0.1, 0.15) is 0 Å². The van der Waals surface area contributed by atoms with Crippen molar-refractivity contribution in [2.24, 2.45) is 7.05 Å². The van der Waals surface area contributed by atoms with Crippen LogP contribution in [0.15, 0.2) is 6.20 Å². The van der Waals surface area contributed by atoms with Gasteiger partial charge in [0.05, 0.1) is 5.69 Å². The van der Waals surface area contributed by atoms with Gasteiger partial charge in [0.2, 0.25) is 0 Å². The zero-order valence-electron chi connectivity index (χ0n) is 9.79. The zero-order chi connectivity index (χ0) is 10.7. The van der Waals surface area contributed by atoms with Crippen LogP contribution < -0.4 is 5.32 Å². The van der Waals surface area contributed by atoms with Gasteiger partial charge in [-0.1, -0.05) is 12.8 Å². The number of nitrogens with zero attached hydrogens (tertiary/aromatic N) is 2. The Bertz CT molecular complexity index is 311. The summed E-state index contributed by atoms with van der Waals surface area (Å²) < 4.78 is 1.97. The fourth-order valence-electron chi connectivity index (χ4n) is 2.57. The minimum atomic E-state index is 0.783. The van der Waals surface area contributed by atoms with Crippen LogP contribution in [-0.4, -0.2) is 23.4 Å². The third kappa shape index (κ3) is 2.40. The first-order valence-corrected chi connectivity index (χ1v) is 5.98. The van der Waals surface area contributed by atoms with E-state index in [2.05, 4.69) is 16.6 Å². The molecule has 1 aliphatic carbocycles. The van der Waals surface area contributed by atoms with Crippen molar-refractivity contribution >= 4 is 0 Å². The third-order valence-electron chi connectivity index (χ3n) is 3.34. The van der Waals surface area contributed by atoms with Crippen molar-refractivity contribution in [3.8, 4) is 0 Å². The number of aromatic nitrogens is 2. The van der Waals surface area contributed by atoms with Gasteiger partial charge in [0.15, 0.2) is 0 Å². The van der Waals surface area contributed by atoms with Crippen LogP contribution in [-0.2, 0) is 13.5 Å². The van der Waals surface area contributed by atoms with Gasteiger partial charge in [0.25, 0.3) is 0 Å². The highest BCUT2D eigenvalue weighted by Crippen LogP contribution is 2.35. The SMILES string of the molecule is CNCCc1nn(C)cc1C1CCCC1. The molecule has 0 unspecified atom stereocenters. The van der Waals surface area contributed by atoms with Gasteiger partial charge in [-0.25, -0.2) is 0 Å². The van der Waals surface area contributed by atoms with E-state index in [-0.39, 0.29) is 0 Å². The Hall–Kier alpha value is -0.830. The molecule has 15 heavy (non-hydrogen) atoms. The Kier molecular flexibility index (Phi) is 3.41. The summed E-state index contributed by atoms with van der Waals surface area (Å²) >= 11 is 0. The third-order valence-corrected chi connectivity index (χ3v) is 3.34. The molecular weight excluding hydrogens is 186 g/mol. The number of aryl methyl sites for hydroxylation is 1. The van der Waals surface area contributed by atoms with Gasteiger partial charge in [-0.3, -0.25) is 4.68 Å². The lowest BCUT2D eigenvalue weighted by Crippen LogP contribution is -2.12. The smallest absolute Gasteiger partial charge is 0.0671 e. The van der Waals surface area contributed by atoms with Gasteiger partial charge in [-0.2, -0.15) is 5.10 Å². The molecule has 0 amide bonds. The topological polar surface area (TPSA) is 29.9 Å². The number of hydrogen-bond donors (Lipinski definition) is 1. The first-order chi connectivity index (χ1) is 7.31. The molecule has 1 aliphatic rings. The molecule has 0 atom stereocenters. The quantitative estimate of drug-likeness (QED) is 0.816. The first-order valence-electron chi connectivity index (χ1n) is 5.98. The second kappa shape index (κ2) is 4.79. The molecule has 1 heterocycles. The first kappa shape index (κ1) is 10.7. The van der Waals surface area contributed by atoms with Crippen LogP contribution in [0.5, 0.6) is 0 Å². The van der Waals surface area contributed by atoms with Crippen molar-refractivity contribution in [1.82, 2.24) is 15.1 Å². The maximum absolute atomic E-state index is 4.57. The van der Waals surface area contributed by atoms with Crippen LogP contribution in [0.2, 0.25) is 0 Å². The molecular formula is C12H21N3. The maximum atomic E-state index is 4.57. The van der Waals surface area contributed by atoms with Gasteiger partial charge in [-0.05, 0) is 31.4 Å². The molecule has 1 saturated carbocycles. The summed E-state index contributed by atoms with van der Waals surface area (Å²) in [6.45, 7) is 1.02. The van der Waals surface area contributed by atoms with E-state index in [1.54, 1.807) is 0 Å². The van der Waals surface area contributed by atoms with E-state index in [4.69, 9.17) is 0 Å². The fraction of sp³-hybridized carbons (Fsp3) is 0.750. The molecule has 1 aromatic rings. The lowest BCUT2D eigenvalue weighted by molar-refractivity contribution is 0.695. The van der Waals surface area contributed by atoms with E-state index in [1.165, 1.54) is 36.9 Å². The molecule has 0 radical (unpaired) electrons. The molecule has 0 spiro atoms. The van der Waals surface area contributed by atoms with Gasteiger partial charge in [-0.15, -0.1) is 0 Å². The lowest BCUT2D eigenvalue weighted by Gasteiger charge is -2.08. The average molecular weight is 207 g/mol. The van der Waals surface area contributed by atoms with Crippen LogP contribution in [0.3, 0.4) is 0 Å². The second-order valence-electron chi connectivity index (χ2n) is 4.54. The summed E-state index contributed by atoms with van der Waals surface area (Å²) in [6, 6.07) is 0. The summed E-state index contributed by atoms with van der Waals surface area (Å²) in [4.78, 5) is 0. The molecule has 0 bridgehead atoms. The van der Waals surface area contributed by atoms with E-state index in [0.717, 1.165) is 18.9 Å². The molecule has 0 saturated heterocycles. The summed E-state index contributed by atoms with van der Waals surface area (Å²) in [5, 5.41) is 7.76. The van der Waals surface area contributed by atoms with Gasteiger partial charge >= 0.3 is 0 Å². The minimum Gasteiger partial charge on any atom is -0.319 e. The Morgan fingerprint density at radius 1 is 1.47 bits per heavy atom. The summed E-state index contributed by atoms with van der Waals surface area (Å²) in [5.41, 5.74) is 2.81. The van der Waals surface area contributed by atoms with Crippen molar-refractivity contribution in [3.63, 3.8) is 0 Å². The van der Waals surface area contributed by atoms with E-state index in [1.807, 2.05) is 18.8 Å². The van der Waals surface area contributed by atoms with Crippen LogP contribution >= 0.6 is 0 Å². The standard InChI is InChI=1S/C12H21N3/c1-13-8-7-12-11(9-15(2)14-12)10-5-3-4-6-10/h9-10,13H,3-8H2,1-2H3. The Morgan fingerprint density at radius 2 is 2.20 bits per heavy atom. The lowest BCUT2D eigenvalue weighted by atomic mass is 9.97. The number of rotatable bonds is 4. The van der Waals surface area contributed by atoms with Gasteiger partial charge in [0, 0.05) is 26.2 Å². The monoisotopic (exact) mass is 207 g/mol. The zero-order valence-corrected chi connectivity index (χ0v) is 9.79. The molecule has 0 aromatic carbocycles. The van der Waals surface area contributed by atoms with E-state index >= 15 is 0 Å². The van der Waals surface area contributed by atoms with Crippen molar-refractivity contribution in [2.75, 3.05) is 13.6 Å². The number of likely N-dealkylation sites (N-methyl/N-ethyl adjacent to an activating group) is 1. The normalized spacial score (nSPS) is 17.5. The molecule has 3 nitrogen and oxygen atoms in total. The molecule has 1 aromatic heterocycles. The number of hydrogen-bond acceptors (Lipinski definition) is 2. The molecule has 1 fully saturated rings.